The number of hydrogen-bond acceptors (Lipinski definition) is 6. The fourth-order valence-corrected chi connectivity index (χ4v) is 1.67. The fraction of sp³-hybridized carbons (Fsp3) is 0.385. The Kier molecular flexibility index (Phi) is 4.35. The maximum Gasteiger partial charge on any atom is 0.240 e. The minimum absolute atomic E-state index is 0.151. The van der Waals surface area contributed by atoms with Crippen LogP contribution < -0.4 is 10.1 Å². The standard InChI is InChI=1S/C13H17N3O3/c1-3-18-12-6-10(4-5-11(12)17)7-14-8-13-15-9(2)16-19-13/h4-6,14,17H,3,7-8H2,1-2H3. The Bertz CT molecular complexity index is 540. The number of aryl methyl sites for hydroxylation is 1. The molecule has 19 heavy (non-hydrogen) atoms. The molecule has 2 N–H and O–H groups in total. The lowest BCUT2D eigenvalue weighted by Gasteiger charge is -2.08. The molecule has 0 unspecified atom stereocenters. The summed E-state index contributed by atoms with van der Waals surface area (Å²) in [5, 5.41) is 16.5. The van der Waals surface area contributed by atoms with Gasteiger partial charge >= 0.3 is 0 Å². The average Bonchev–Trinajstić information content (AvgIpc) is 2.79. The Labute approximate surface area is 111 Å². The number of aromatic hydroxyl groups is 1. The number of nitrogens with one attached hydrogen (secondary N) is 1. The van der Waals surface area contributed by atoms with Crippen molar-refractivity contribution in [1.29, 1.82) is 0 Å². The molecule has 0 aliphatic heterocycles. The van der Waals surface area contributed by atoms with Gasteiger partial charge in [-0.25, -0.2) is 0 Å². The van der Waals surface area contributed by atoms with Crippen molar-refractivity contribution >= 4 is 0 Å². The SMILES string of the molecule is CCOc1cc(CNCc2nc(C)no2)ccc1O. The molecule has 2 aromatic rings. The molecule has 0 radical (unpaired) electrons. The Morgan fingerprint density at radius 1 is 1.37 bits per heavy atom. The second-order valence-corrected chi connectivity index (χ2v) is 4.07. The molecule has 1 aromatic heterocycles. The van der Waals surface area contributed by atoms with Crippen molar-refractivity contribution in [2.75, 3.05) is 6.61 Å². The fourth-order valence-electron chi connectivity index (χ4n) is 1.67. The lowest BCUT2D eigenvalue weighted by atomic mass is 10.2. The van der Waals surface area contributed by atoms with Crippen LogP contribution in [-0.4, -0.2) is 21.9 Å². The van der Waals surface area contributed by atoms with E-state index in [4.69, 9.17) is 9.26 Å². The van der Waals surface area contributed by atoms with Crippen LogP contribution in [0.15, 0.2) is 22.7 Å². The van der Waals surface area contributed by atoms with Crippen LogP contribution in [0.4, 0.5) is 0 Å². The Hall–Kier alpha value is -2.08. The van der Waals surface area contributed by atoms with E-state index in [-0.39, 0.29) is 5.75 Å². The van der Waals surface area contributed by atoms with Crippen LogP contribution in [0.5, 0.6) is 11.5 Å². The minimum Gasteiger partial charge on any atom is -0.504 e. The minimum atomic E-state index is 0.151. The summed E-state index contributed by atoms with van der Waals surface area (Å²) in [4.78, 5) is 4.10. The second kappa shape index (κ2) is 6.19. The summed E-state index contributed by atoms with van der Waals surface area (Å²) >= 11 is 0. The van der Waals surface area contributed by atoms with Crippen LogP contribution in [-0.2, 0) is 13.1 Å². The van der Waals surface area contributed by atoms with E-state index in [0.717, 1.165) is 5.56 Å². The van der Waals surface area contributed by atoms with E-state index in [2.05, 4.69) is 15.5 Å². The molecule has 0 bridgehead atoms. The molecule has 0 saturated carbocycles. The summed E-state index contributed by atoms with van der Waals surface area (Å²) in [6, 6.07) is 5.27. The molecule has 6 heteroatoms. The number of phenols is 1. The summed E-state index contributed by atoms with van der Waals surface area (Å²) in [6.45, 7) is 5.31. The van der Waals surface area contributed by atoms with Crippen LogP contribution in [0.1, 0.15) is 24.2 Å². The molecule has 0 atom stereocenters. The van der Waals surface area contributed by atoms with Gasteiger partial charge in [0.1, 0.15) is 0 Å². The first-order valence-electron chi connectivity index (χ1n) is 6.13. The second-order valence-electron chi connectivity index (χ2n) is 4.07. The summed E-state index contributed by atoms with van der Waals surface area (Å²) in [6.07, 6.45) is 0. The predicted molar refractivity (Wildman–Crippen MR) is 68.9 cm³/mol. The van der Waals surface area contributed by atoms with E-state index in [1.54, 1.807) is 13.0 Å². The molecular formula is C13H17N3O3. The maximum absolute atomic E-state index is 9.59. The molecule has 6 nitrogen and oxygen atoms in total. The third kappa shape index (κ3) is 3.69. The lowest BCUT2D eigenvalue weighted by molar-refractivity contribution is 0.317. The highest BCUT2D eigenvalue weighted by Crippen LogP contribution is 2.26. The monoisotopic (exact) mass is 263 g/mol. The number of hydrogen-bond donors (Lipinski definition) is 2. The van der Waals surface area contributed by atoms with Gasteiger partial charge in [0, 0.05) is 6.54 Å². The van der Waals surface area contributed by atoms with Crippen molar-refractivity contribution in [3.63, 3.8) is 0 Å². The molecule has 0 fully saturated rings. The average molecular weight is 263 g/mol. The Morgan fingerprint density at radius 2 is 2.21 bits per heavy atom. The molecule has 0 saturated heterocycles. The van der Waals surface area contributed by atoms with E-state index in [0.29, 0.717) is 37.2 Å². The normalized spacial score (nSPS) is 10.6. The summed E-state index contributed by atoms with van der Waals surface area (Å²) in [7, 11) is 0. The van der Waals surface area contributed by atoms with Gasteiger partial charge in [0.05, 0.1) is 13.2 Å². The molecular weight excluding hydrogens is 246 g/mol. The van der Waals surface area contributed by atoms with Crippen molar-refractivity contribution in [1.82, 2.24) is 15.5 Å². The molecule has 0 amide bonds. The quantitative estimate of drug-likeness (QED) is 0.826. The van der Waals surface area contributed by atoms with Gasteiger partial charge < -0.3 is 19.7 Å². The van der Waals surface area contributed by atoms with Gasteiger partial charge in [0.25, 0.3) is 0 Å². The van der Waals surface area contributed by atoms with Crippen molar-refractivity contribution in [3.8, 4) is 11.5 Å². The summed E-state index contributed by atoms with van der Waals surface area (Å²) < 4.78 is 10.3. The van der Waals surface area contributed by atoms with Crippen molar-refractivity contribution in [2.45, 2.75) is 26.9 Å². The zero-order valence-corrected chi connectivity index (χ0v) is 11.0. The van der Waals surface area contributed by atoms with Crippen LogP contribution in [0.25, 0.3) is 0 Å². The number of aromatic nitrogens is 2. The largest absolute Gasteiger partial charge is 0.504 e. The molecule has 0 spiro atoms. The van der Waals surface area contributed by atoms with Gasteiger partial charge in [-0.2, -0.15) is 4.98 Å². The van der Waals surface area contributed by atoms with Gasteiger partial charge in [-0.05, 0) is 31.5 Å². The molecule has 1 heterocycles. The van der Waals surface area contributed by atoms with Crippen molar-refractivity contribution < 1.29 is 14.4 Å². The summed E-state index contributed by atoms with van der Waals surface area (Å²) in [5.74, 6) is 1.83. The Balaban J connectivity index is 1.90. The highest BCUT2D eigenvalue weighted by Gasteiger charge is 2.05. The molecule has 1 aromatic carbocycles. The molecule has 102 valence electrons. The molecule has 2 rings (SSSR count). The van der Waals surface area contributed by atoms with E-state index in [1.807, 2.05) is 19.1 Å². The highest BCUT2D eigenvalue weighted by molar-refractivity contribution is 5.41. The molecule has 0 aliphatic carbocycles. The third-order valence-corrected chi connectivity index (χ3v) is 2.50. The van der Waals surface area contributed by atoms with Crippen LogP contribution in [0.3, 0.4) is 0 Å². The number of phenolic OH excluding ortho intramolecular Hbond substituents is 1. The first kappa shape index (κ1) is 13.4. The van der Waals surface area contributed by atoms with E-state index >= 15 is 0 Å². The highest BCUT2D eigenvalue weighted by atomic mass is 16.5. The van der Waals surface area contributed by atoms with E-state index in [1.165, 1.54) is 0 Å². The number of benzene rings is 1. The topological polar surface area (TPSA) is 80.4 Å². The zero-order chi connectivity index (χ0) is 13.7. The summed E-state index contributed by atoms with van der Waals surface area (Å²) in [5.41, 5.74) is 1.01. The van der Waals surface area contributed by atoms with Crippen molar-refractivity contribution in [3.05, 3.63) is 35.5 Å². The number of nitrogens with zero attached hydrogens (tertiary/aromatic N) is 2. The Morgan fingerprint density at radius 3 is 2.89 bits per heavy atom. The van der Waals surface area contributed by atoms with E-state index < -0.39 is 0 Å². The predicted octanol–water partition coefficient (Wildman–Crippen LogP) is 1.77. The zero-order valence-electron chi connectivity index (χ0n) is 11.0. The lowest BCUT2D eigenvalue weighted by Crippen LogP contribution is -2.13. The third-order valence-electron chi connectivity index (χ3n) is 2.50. The van der Waals surface area contributed by atoms with E-state index in [9.17, 15) is 5.11 Å². The smallest absolute Gasteiger partial charge is 0.240 e. The van der Waals surface area contributed by atoms with Gasteiger partial charge in [-0.1, -0.05) is 11.2 Å². The molecule has 0 aliphatic rings. The van der Waals surface area contributed by atoms with Crippen LogP contribution in [0.2, 0.25) is 0 Å². The van der Waals surface area contributed by atoms with Gasteiger partial charge in [-0.3, -0.25) is 0 Å². The van der Waals surface area contributed by atoms with Gasteiger partial charge in [-0.15, -0.1) is 0 Å². The number of rotatable bonds is 6. The van der Waals surface area contributed by atoms with Gasteiger partial charge in [0.2, 0.25) is 5.89 Å². The van der Waals surface area contributed by atoms with Gasteiger partial charge in [0.15, 0.2) is 17.3 Å². The van der Waals surface area contributed by atoms with Crippen LogP contribution >= 0.6 is 0 Å². The van der Waals surface area contributed by atoms with Crippen LogP contribution in [0, 0.1) is 6.92 Å². The maximum atomic E-state index is 9.59. The first-order chi connectivity index (χ1) is 9.19. The van der Waals surface area contributed by atoms with Crippen molar-refractivity contribution in [2.24, 2.45) is 0 Å². The number of ether oxygens (including phenoxy) is 1. The first-order valence-corrected chi connectivity index (χ1v) is 6.13.